The zero-order chi connectivity index (χ0) is 12.3. The summed E-state index contributed by atoms with van der Waals surface area (Å²) in [5, 5.41) is 4.07. The van der Waals surface area contributed by atoms with Crippen LogP contribution < -0.4 is 5.32 Å². The number of nitrogens with one attached hydrogen (secondary N) is 1. The highest BCUT2D eigenvalue weighted by atomic mass is 79.9. The summed E-state index contributed by atoms with van der Waals surface area (Å²) in [5.41, 5.74) is 1.02. The first-order valence-electron chi connectivity index (χ1n) is 4.81. The Balaban J connectivity index is 2.02. The van der Waals surface area contributed by atoms with Crippen LogP contribution in [0.2, 0.25) is 10.3 Å². The third-order valence-electron chi connectivity index (χ3n) is 2.07. The number of pyridine rings is 2. The summed E-state index contributed by atoms with van der Waals surface area (Å²) in [7, 11) is 0. The van der Waals surface area contributed by atoms with Gasteiger partial charge in [-0.2, -0.15) is 0 Å². The number of halogens is 3. The first-order chi connectivity index (χ1) is 8.15. The minimum absolute atomic E-state index is 0.434. The molecule has 17 heavy (non-hydrogen) atoms. The van der Waals surface area contributed by atoms with Gasteiger partial charge in [0.15, 0.2) is 0 Å². The highest BCUT2D eigenvalue weighted by molar-refractivity contribution is 9.10. The molecular weight excluding hydrogens is 325 g/mol. The molecule has 0 aliphatic carbocycles. The van der Waals surface area contributed by atoms with E-state index >= 15 is 0 Å². The molecule has 0 saturated heterocycles. The lowest BCUT2D eigenvalue weighted by molar-refractivity contribution is 1.08. The lowest BCUT2D eigenvalue weighted by Gasteiger charge is -2.06. The van der Waals surface area contributed by atoms with Crippen LogP contribution >= 0.6 is 39.1 Å². The first kappa shape index (κ1) is 12.6. The van der Waals surface area contributed by atoms with E-state index in [0.717, 1.165) is 10.0 Å². The summed E-state index contributed by atoms with van der Waals surface area (Å²) in [4.78, 5) is 8.16. The third kappa shape index (κ3) is 3.56. The van der Waals surface area contributed by atoms with Crippen molar-refractivity contribution in [1.82, 2.24) is 9.97 Å². The molecule has 2 rings (SSSR count). The first-order valence-corrected chi connectivity index (χ1v) is 6.36. The number of aromatic nitrogens is 2. The molecule has 0 fully saturated rings. The van der Waals surface area contributed by atoms with E-state index < -0.39 is 0 Å². The van der Waals surface area contributed by atoms with Crippen LogP contribution in [0.3, 0.4) is 0 Å². The second kappa shape index (κ2) is 5.67. The Hall–Kier alpha value is -0.840. The van der Waals surface area contributed by atoms with Crippen LogP contribution in [0, 0.1) is 0 Å². The van der Waals surface area contributed by atoms with E-state index in [0.29, 0.717) is 22.7 Å². The van der Waals surface area contributed by atoms with Crippen LogP contribution in [0.1, 0.15) is 5.56 Å². The molecule has 0 aliphatic rings. The Morgan fingerprint density at radius 1 is 1.18 bits per heavy atom. The summed E-state index contributed by atoms with van der Waals surface area (Å²) < 4.78 is 0.776. The second-order valence-corrected chi connectivity index (χ2v) is 4.91. The summed E-state index contributed by atoms with van der Waals surface area (Å²) in [6.45, 7) is 0.620. The lowest BCUT2D eigenvalue weighted by atomic mass is 10.3. The number of anilines is 1. The van der Waals surface area contributed by atoms with Gasteiger partial charge in [0.2, 0.25) is 0 Å². The molecule has 2 aromatic heterocycles. The summed E-state index contributed by atoms with van der Waals surface area (Å²) in [5.74, 6) is 0.716. The highest BCUT2D eigenvalue weighted by Crippen LogP contribution is 2.21. The van der Waals surface area contributed by atoms with E-state index in [4.69, 9.17) is 23.2 Å². The van der Waals surface area contributed by atoms with Gasteiger partial charge in [0.1, 0.15) is 16.1 Å². The molecule has 2 aromatic rings. The molecular formula is C11H8BrCl2N3. The highest BCUT2D eigenvalue weighted by Gasteiger charge is 2.00. The van der Waals surface area contributed by atoms with Crippen molar-refractivity contribution in [2.45, 2.75) is 6.54 Å². The molecule has 0 spiro atoms. The van der Waals surface area contributed by atoms with Gasteiger partial charge in [0.25, 0.3) is 0 Å². The van der Waals surface area contributed by atoms with Crippen molar-refractivity contribution in [2.75, 3.05) is 5.32 Å². The van der Waals surface area contributed by atoms with E-state index in [1.807, 2.05) is 18.2 Å². The maximum Gasteiger partial charge on any atom is 0.145 e. The number of hydrogen-bond donors (Lipinski definition) is 1. The molecule has 3 nitrogen and oxygen atoms in total. The predicted molar refractivity (Wildman–Crippen MR) is 73.5 cm³/mol. The van der Waals surface area contributed by atoms with Gasteiger partial charge >= 0.3 is 0 Å². The molecule has 0 unspecified atom stereocenters. The minimum atomic E-state index is 0.434. The van der Waals surface area contributed by atoms with Crippen molar-refractivity contribution in [3.05, 3.63) is 50.8 Å². The molecule has 6 heteroatoms. The average molecular weight is 333 g/mol. The molecule has 2 heterocycles. The van der Waals surface area contributed by atoms with Crippen molar-refractivity contribution < 1.29 is 0 Å². The van der Waals surface area contributed by atoms with Gasteiger partial charge in [-0.1, -0.05) is 29.3 Å². The van der Waals surface area contributed by atoms with E-state index in [-0.39, 0.29) is 0 Å². The van der Waals surface area contributed by atoms with Crippen molar-refractivity contribution >= 4 is 44.9 Å². The van der Waals surface area contributed by atoms with Gasteiger partial charge < -0.3 is 5.32 Å². The van der Waals surface area contributed by atoms with E-state index in [9.17, 15) is 0 Å². The van der Waals surface area contributed by atoms with Gasteiger partial charge in [-0.15, -0.1) is 0 Å². The molecule has 0 aliphatic heterocycles. The Morgan fingerprint density at radius 2 is 2.00 bits per heavy atom. The van der Waals surface area contributed by atoms with Crippen LogP contribution in [-0.4, -0.2) is 9.97 Å². The smallest absolute Gasteiger partial charge is 0.145 e. The van der Waals surface area contributed by atoms with Gasteiger partial charge in [-0.05, 0) is 39.7 Å². The Bertz CT molecular complexity index is 517. The van der Waals surface area contributed by atoms with Gasteiger partial charge in [0, 0.05) is 12.7 Å². The number of nitrogens with zero attached hydrogens (tertiary/aromatic N) is 2. The van der Waals surface area contributed by atoms with Crippen LogP contribution in [0.5, 0.6) is 0 Å². The van der Waals surface area contributed by atoms with Crippen molar-refractivity contribution in [3.8, 4) is 0 Å². The molecule has 88 valence electrons. The van der Waals surface area contributed by atoms with E-state index in [1.54, 1.807) is 12.3 Å². The Kier molecular flexibility index (Phi) is 4.20. The third-order valence-corrected chi connectivity index (χ3v) is 3.45. The largest absolute Gasteiger partial charge is 0.366 e. The minimum Gasteiger partial charge on any atom is -0.366 e. The van der Waals surface area contributed by atoms with Gasteiger partial charge in [0.05, 0.1) is 4.47 Å². The molecule has 0 aromatic carbocycles. The van der Waals surface area contributed by atoms with E-state index in [2.05, 4.69) is 31.2 Å². The zero-order valence-corrected chi connectivity index (χ0v) is 11.7. The summed E-state index contributed by atoms with van der Waals surface area (Å²) in [6, 6.07) is 7.35. The van der Waals surface area contributed by atoms with E-state index in [1.165, 1.54) is 0 Å². The Morgan fingerprint density at radius 3 is 2.65 bits per heavy atom. The average Bonchev–Trinajstić information content (AvgIpc) is 2.33. The number of hydrogen-bond acceptors (Lipinski definition) is 3. The van der Waals surface area contributed by atoms with Gasteiger partial charge in [-0.25, -0.2) is 9.97 Å². The summed E-state index contributed by atoms with van der Waals surface area (Å²) in [6.07, 6.45) is 1.72. The van der Waals surface area contributed by atoms with Crippen molar-refractivity contribution in [1.29, 1.82) is 0 Å². The monoisotopic (exact) mass is 331 g/mol. The standard InChI is InChI=1S/C11H8BrCl2N3/c12-8-2-4-10(17-11(8)14)16-6-7-1-3-9(13)15-5-7/h1-5H,6H2,(H,16,17). The fourth-order valence-electron chi connectivity index (χ4n) is 1.22. The second-order valence-electron chi connectivity index (χ2n) is 3.31. The fraction of sp³-hybridized carbons (Fsp3) is 0.0909. The SMILES string of the molecule is Clc1ccc(CNc2ccc(Br)c(Cl)n2)cn1. The van der Waals surface area contributed by atoms with Crippen LogP contribution in [-0.2, 0) is 6.54 Å². The molecule has 0 bridgehead atoms. The van der Waals surface area contributed by atoms with Gasteiger partial charge in [-0.3, -0.25) is 0 Å². The maximum atomic E-state index is 5.89. The molecule has 0 atom stereocenters. The van der Waals surface area contributed by atoms with Crippen molar-refractivity contribution in [2.24, 2.45) is 0 Å². The molecule has 0 radical (unpaired) electrons. The summed E-state index contributed by atoms with van der Waals surface area (Å²) >= 11 is 14.9. The molecule has 1 N–H and O–H groups in total. The quantitative estimate of drug-likeness (QED) is 0.858. The molecule has 0 saturated carbocycles. The van der Waals surface area contributed by atoms with Crippen LogP contribution in [0.4, 0.5) is 5.82 Å². The topological polar surface area (TPSA) is 37.8 Å². The van der Waals surface area contributed by atoms with Crippen LogP contribution in [0.15, 0.2) is 34.9 Å². The number of rotatable bonds is 3. The maximum absolute atomic E-state index is 5.89. The zero-order valence-electron chi connectivity index (χ0n) is 8.62. The fourth-order valence-corrected chi connectivity index (χ4v) is 1.71. The van der Waals surface area contributed by atoms with Crippen molar-refractivity contribution in [3.63, 3.8) is 0 Å². The molecule has 0 amide bonds. The predicted octanol–water partition coefficient (Wildman–Crippen LogP) is 4.16. The normalized spacial score (nSPS) is 10.3. The Labute approximate surface area is 117 Å². The lowest BCUT2D eigenvalue weighted by Crippen LogP contribution is -2.01. The van der Waals surface area contributed by atoms with Crippen LogP contribution in [0.25, 0.3) is 0 Å².